The molecule has 0 aromatic carbocycles. The normalized spacial score (nSPS) is 33.4. The third-order valence-electron chi connectivity index (χ3n) is 10.4. The van der Waals surface area contributed by atoms with E-state index in [0.29, 0.717) is 18.4 Å². The minimum Gasteiger partial charge on any atom is -0.370 e. The van der Waals surface area contributed by atoms with Crippen molar-refractivity contribution in [1.82, 2.24) is 20.7 Å². The number of fused-ring (bicyclic) bond motifs is 5. The Labute approximate surface area is 233 Å². The predicted molar refractivity (Wildman–Crippen MR) is 153 cm³/mol. The molecule has 1 amide bonds. The topological polar surface area (TPSA) is 83.6 Å². The van der Waals surface area contributed by atoms with E-state index >= 15 is 0 Å². The highest BCUT2D eigenvalue weighted by molar-refractivity contribution is 5.81. The van der Waals surface area contributed by atoms with Crippen LogP contribution in [0, 0.1) is 28.6 Å². The molecule has 39 heavy (non-hydrogen) atoms. The summed E-state index contributed by atoms with van der Waals surface area (Å²) in [7, 11) is 3.92. The highest BCUT2D eigenvalue weighted by atomic mass is 16.7. The third kappa shape index (κ3) is 5.71. The number of aromatic nitrogens is 1. The summed E-state index contributed by atoms with van der Waals surface area (Å²) in [5.74, 6) is 1.68. The first-order valence-corrected chi connectivity index (χ1v) is 14.9. The van der Waals surface area contributed by atoms with Gasteiger partial charge in [-0.05, 0) is 105 Å². The largest absolute Gasteiger partial charge is 0.370 e. The maximum absolute atomic E-state index is 12.3. The lowest BCUT2D eigenvalue weighted by molar-refractivity contribution is -0.153. The van der Waals surface area contributed by atoms with E-state index in [1.165, 1.54) is 36.8 Å². The number of nitrogens with one attached hydrogen (secondary N) is 2. The number of amides is 1. The molecule has 0 radical (unpaired) electrons. The van der Waals surface area contributed by atoms with Crippen LogP contribution in [0.1, 0.15) is 77.2 Å². The van der Waals surface area contributed by atoms with Gasteiger partial charge in [0.15, 0.2) is 0 Å². The number of carbonyl (C=O) groups is 2. The van der Waals surface area contributed by atoms with Gasteiger partial charge < -0.3 is 15.1 Å². The van der Waals surface area contributed by atoms with Gasteiger partial charge in [0.1, 0.15) is 0 Å². The number of hydrogen-bond donors (Lipinski definition) is 2. The number of pyridine rings is 1. The van der Waals surface area contributed by atoms with Crippen molar-refractivity contribution in [2.24, 2.45) is 28.6 Å². The average Bonchev–Trinajstić information content (AvgIpc) is 3.28. The Morgan fingerprint density at radius 2 is 1.92 bits per heavy atom. The van der Waals surface area contributed by atoms with Crippen LogP contribution < -0.4 is 10.8 Å². The Bertz CT molecular complexity index is 1120. The second-order valence-corrected chi connectivity index (χ2v) is 13.0. The van der Waals surface area contributed by atoms with Crippen molar-refractivity contribution < 1.29 is 14.4 Å². The summed E-state index contributed by atoms with van der Waals surface area (Å²) in [6, 6.07) is 4.33. The first-order chi connectivity index (χ1) is 18.7. The van der Waals surface area contributed by atoms with Crippen molar-refractivity contribution in [3.8, 4) is 0 Å². The molecular weight excluding hydrogens is 488 g/mol. The second-order valence-electron chi connectivity index (χ2n) is 13.0. The average molecular weight is 535 g/mol. The quantitative estimate of drug-likeness (QED) is 0.346. The summed E-state index contributed by atoms with van der Waals surface area (Å²) in [5.41, 5.74) is 7.86. The summed E-state index contributed by atoms with van der Waals surface area (Å²) < 4.78 is 0. The van der Waals surface area contributed by atoms with Crippen LogP contribution in [0.15, 0.2) is 42.3 Å². The van der Waals surface area contributed by atoms with E-state index in [2.05, 4.69) is 53.9 Å². The number of nitrogens with zero attached hydrogens (tertiary/aromatic N) is 2. The molecule has 0 aliphatic heterocycles. The van der Waals surface area contributed by atoms with Gasteiger partial charge in [0, 0.05) is 31.9 Å². The molecule has 1 aromatic rings. The first kappa shape index (κ1) is 28.0. The molecule has 6 atom stereocenters. The molecule has 0 saturated heterocycles. The summed E-state index contributed by atoms with van der Waals surface area (Å²) >= 11 is 0. The Balaban J connectivity index is 1.15. The molecule has 5 rings (SSSR count). The molecule has 1 aromatic heterocycles. The highest BCUT2D eigenvalue weighted by Crippen LogP contribution is 2.66. The van der Waals surface area contributed by atoms with Crippen LogP contribution in [0.25, 0.3) is 5.57 Å². The van der Waals surface area contributed by atoms with Gasteiger partial charge in [0.25, 0.3) is 0 Å². The minimum absolute atomic E-state index is 0.0432. The first-order valence-electron chi connectivity index (χ1n) is 14.9. The van der Waals surface area contributed by atoms with Crippen LogP contribution in [0.4, 0.5) is 0 Å². The van der Waals surface area contributed by atoms with E-state index in [1.54, 1.807) is 5.57 Å². The Morgan fingerprint density at radius 1 is 1.10 bits per heavy atom. The van der Waals surface area contributed by atoms with Crippen LogP contribution in [0.2, 0.25) is 0 Å². The highest BCUT2D eigenvalue weighted by Gasteiger charge is 2.57. The van der Waals surface area contributed by atoms with Gasteiger partial charge in [0.2, 0.25) is 5.91 Å². The van der Waals surface area contributed by atoms with E-state index in [1.807, 2.05) is 31.4 Å². The number of hydrogen-bond acceptors (Lipinski definition) is 6. The van der Waals surface area contributed by atoms with Gasteiger partial charge in [-0.2, -0.15) is 0 Å². The molecular formula is C32H46N4O3. The van der Waals surface area contributed by atoms with E-state index < -0.39 is 0 Å². The lowest BCUT2D eigenvalue weighted by Crippen LogP contribution is -2.51. The van der Waals surface area contributed by atoms with Gasteiger partial charge in [-0.1, -0.05) is 37.6 Å². The molecule has 4 aliphatic carbocycles. The molecule has 212 valence electrons. The maximum Gasteiger partial charge on any atom is 0.325 e. The predicted octanol–water partition coefficient (Wildman–Crippen LogP) is 4.91. The van der Waals surface area contributed by atoms with Crippen molar-refractivity contribution in [2.75, 3.05) is 27.2 Å². The Morgan fingerprint density at radius 3 is 2.69 bits per heavy atom. The third-order valence-corrected chi connectivity index (χ3v) is 10.4. The van der Waals surface area contributed by atoms with Gasteiger partial charge in [-0.25, -0.2) is 0 Å². The zero-order valence-corrected chi connectivity index (χ0v) is 24.2. The van der Waals surface area contributed by atoms with Crippen LogP contribution in [0.5, 0.6) is 0 Å². The summed E-state index contributed by atoms with van der Waals surface area (Å²) in [4.78, 5) is 36.0. The van der Waals surface area contributed by atoms with Crippen LogP contribution in [-0.4, -0.2) is 55.0 Å². The van der Waals surface area contributed by atoms with Crippen LogP contribution >= 0.6 is 0 Å². The fourth-order valence-electron chi connectivity index (χ4n) is 8.27. The molecule has 7 heteroatoms. The van der Waals surface area contributed by atoms with Crippen molar-refractivity contribution >= 4 is 17.4 Å². The standard InChI is InChI=1S/C32H46N4O3/c1-31-15-13-24(35-39-30(38)12-11-29(37)34-18-19-36(3)4)20-23(31)7-8-25-27-10-9-26(22-6-5-17-33-21-22)32(27,2)16-14-28(25)31/h5-6,9,17,20-21,24-25,27-28,35H,7-8,10-16,18-19H2,1-4H3,(H,34,37)/t24?,25-,27+,28+,31+,32-/m1/s1. The summed E-state index contributed by atoms with van der Waals surface area (Å²) in [6.07, 6.45) is 17.2. The molecule has 0 bridgehead atoms. The molecule has 2 fully saturated rings. The second kappa shape index (κ2) is 11.5. The van der Waals surface area contributed by atoms with Gasteiger partial charge >= 0.3 is 5.97 Å². The monoisotopic (exact) mass is 534 g/mol. The maximum atomic E-state index is 12.3. The minimum atomic E-state index is -0.377. The molecule has 4 aliphatic rings. The van der Waals surface area contributed by atoms with Gasteiger partial charge in [-0.15, -0.1) is 5.48 Å². The van der Waals surface area contributed by atoms with E-state index in [9.17, 15) is 9.59 Å². The van der Waals surface area contributed by atoms with Crippen molar-refractivity contribution in [2.45, 2.75) is 77.7 Å². The SMILES string of the molecule is CN(C)CCNC(=O)CCC(=O)ONC1C=C2CC[C@H]3[C@H](CC[C@]4(C)C(c5cccnc5)=CC[C@@H]34)[C@@]2(C)CC1. The fraction of sp³-hybridized carbons (Fsp3) is 0.656. The number of hydroxylamine groups is 1. The zero-order chi connectivity index (χ0) is 27.6. The molecule has 1 unspecified atom stereocenters. The lowest BCUT2D eigenvalue weighted by Gasteiger charge is -2.58. The summed E-state index contributed by atoms with van der Waals surface area (Å²) in [5, 5.41) is 2.84. The molecule has 2 N–H and O–H groups in total. The van der Waals surface area contributed by atoms with Crippen molar-refractivity contribution in [1.29, 1.82) is 0 Å². The lowest BCUT2D eigenvalue weighted by atomic mass is 9.46. The molecule has 7 nitrogen and oxygen atoms in total. The smallest absolute Gasteiger partial charge is 0.325 e. The zero-order valence-electron chi connectivity index (χ0n) is 24.2. The van der Waals surface area contributed by atoms with Crippen LogP contribution in [-0.2, 0) is 14.4 Å². The molecule has 2 saturated carbocycles. The number of allylic oxidation sites excluding steroid dienone is 3. The Hall–Kier alpha value is -2.51. The number of rotatable bonds is 9. The van der Waals surface area contributed by atoms with Gasteiger partial charge in [0.05, 0.1) is 12.5 Å². The van der Waals surface area contributed by atoms with E-state index in [-0.39, 0.29) is 41.6 Å². The summed E-state index contributed by atoms with van der Waals surface area (Å²) in [6.45, 7) is 6.37. The fourth-order valence-corrected chi connectivity index (χ4v) is 8.27. The molecule has 1 heterocycles. The van der Waals surface area contributed by atoms with E-state index in [4.69, 9.17) is 4.84 Å². The number of likely N-dealkylation sites (N-methyl/N-ethyl adjacent to an activating group) is 1. The van der Waals surface area contributed by atoms with Gasteiger partial charge in [-0.3, -0.25) is 14.6 Å². The molecule has 0 spiro atoms. The van der Waals surface area contributed by atoms with Crippen molar-refractivity contribution in [3.05, 3.63) is 47.8 Å². The Kier molecular flexibility index (Phi) is 8.29. The number of carbonyl (C=O) groups excluding carboxylic acids is 2. The van der Waals surface area contributed by atoms with Crippen molar-refractivity contribution in [3.63, 3.8) is 0 Å². The van der Waals surface area contributed by atoms with Crippen LogP contribution in [0.3, 0.4) is 0 Å². The van der Waals surface area contributed by atoms with E-state index in [0.717, 1.165) is 31.7 Å².